The van der Waals surface area contributed by atoms with Crippen molar-refractivity contribution in [3.05, 3.63) is 65.0 Å². The molecule has 5 nitrogen and oxygen atoms in total. The number of halogens is 1. The molecule has 1 heterocycles. The first-order chi connectivity index (χ1) is 13.0. The molecule has 3 rings (SSSR count). The molecule has 1 aromatic heterocycles. The lowest BCUT2D eigenvalue weighted by atomic mass is 10.1. The minimum Gasteiger partial charge on any atom is -0.411 e. The number of benzene rings is 2. The lowest BCUT2D eigenvalue weighted by Crippen LogP contribution is -2.27. The zero-order valence-corrected chi connectivity index (χ0v) is 16.0. The third-order valence-corrected chi connectivity index (χ3v) is 4.95. The van der Waals surface area contributed by atoms with Crippen LogP contribution in [-0.4, -0.2) is 28.4 Å². The minimum absolute atomic E-state index is 0.118. The van der Waals surface area contributed by atoms with Gasteiger partial charge in [-0.05, 0) is 61.2 Å². The molecule has 3 aromatic rings. The molecule has 140 valence electrons. The zero-order valence-electron chi connectivity index (χ0n) is 15.2. The highest BCUT2D eigenvalue weighted by Gasteiger charge is 2.11. The number of carbonyl (C=O) groups is 1. The molecule has 0 aliphatic heterocycles. The quantitative estimate of drug-likeness (QED) is 0.624. The van der Waals surface area contributed by atoms with Gasteiger partial charge in [-0.25, -0.2) is 4.39 Å². The molecule has 2 aromatic carbocycles. The zero-order chi connectivity index (χ0) is 19.2. The number of carbonyl (C=O) groups excluding carboxylic acids is 1. The largest absolute Gasteiger partial charge is 0.411 e. The summed E-state index contributed by atoms with van der Waals surface area (Å²) in [5.74, 6) is 0.252. The van der Waals surface area contributed by atoms with Crippen LogP contribution in [0.3, 0.4) is 0 Å². The van der Waals surface area contributed by atoms with Crippen LogP contribution >= 0.6 is 11.8 Å². The maximum absolute atomic E-state index is 12.9. The number of amides is 1. The second-order valence-corrected chi connectivity index (χ2v) is 7.11. The minimum atomic E-state index is -0.265. The Morgan fingerprint density at radius 1 is 1.11 bits per heavy atom. The summed E-state index contributed by atoms with van der Waals surface area (Å²) in [6, 6.07) is 12.2. The molecule has 0 radical (unpaired) electrons. The summed E-state index contributed by atoms with van der Waals surface area (Å²) < 4.78 is 18.5. The van der Waals surface area contributed by atoms with Gasteiger partial charge in [0, 0.05) is 12.1 Å². The van der Waals surface area contributed by atoms with Gasteiger partial charge in [-0.1, -0.05) is 30.0 Å². The first-order valence-corrected chi connectivity index (χ1v) is 9.55. The molecule has 0 atom stereocenters. The van der Waals surface area contributed by atoms with Gasteiger partial charge in [0.15, 0.2) is 0 Å². The molecule has 0 unspecified atom stereocenters. The second kappa shape index (κ2) is 8.81. The SMILES string of the molecule is Cc1ccc(-c2nnc(SCC(=O)NCCc3ccc(F)cc3)o2)cc1C. The maximum Gasteiger partial charge on any atom is 0.277 e. The number of rotatable bonds is 7. The normalized spacial score (nSPS) is 10.8. The van der Waals surface area contributed by atoms with Gasteiger partial charge in [0.2, 0.25) is 11.8 Å². The molecule has 0 spiro atoms. The van der Waals surface area contributed by atoms with E-state index >= 15 is 0 Å². The predicted molar refractivity (Wildman–Crippen MR) is 103 cm³/mol. The number of hydrogen-bond acceptors (Lipinski definition) is 5. The first kappa shape index (κ1) is 19.1. The third-order valence-electron chi connectivity index (χ3n) is 4.14. The van der Waals surface area contributed by atoms with Crippen molar-refractivity contribution in [1.82, 2.24) is 15.5 Å². The van der Waals surface area contributed by atoms with Crippen LogP contribution in [0.5, 0.6) is 0 Å². The molecule has 27 heavy (non-hydrogen) atoms. The van der Waals surface area contributed by atoms with E-state index in [-0.39, 0.29) is 17.5 Å². The Balaban J connectivity index is 1.45. The monoisotopic (exact) mass is 385 g/mol. The van der Waals surface area contributed by atoms with Crippen LogP contribution in [0.1, 0.15) is 16.7 Å². The van der Waals surface area contributed by atoms with Crippen LogP contribution in [0.25, 0.3) is 11.5 Å². The highest BCUT2D eigenvalue weighted by molar-refractivity contribution is 7.99. The molecule has 0 saturated carbocycles. The number of nitrogens with zero attached hydrogens (tertiary/aromatic N) is 2. The highest BCUT2D eigenvalue weighted by atomic mass is 32.2. The standard InChI is InChI=1S/C20H20FN3O2S/c1-13-3-6-16(11-14(13)2)19-23-24-20(26-19)27-12-18(25)22-10-9-15-4-7-17(21)8-5-15/h3-8,11H,9-10,12H2,1-2H3,(H,22,25). The van der Waals surface area contributed by atoms with Gasteiger partial charge in [-0.3, -0.25) is 4.79 Å². The lowest BCUT2D eigenvalue weighted by Gasteiger charge is -2.04. The van der Waals surface area contributed by atoms with E-state index < -0.39 is 0 Å². The Morgan fingerprint density at radius 3 is 2.63 bits per heavy atom. The first-order valence-electron chi connectivity index (χ1n) is 8.56. The summed E-state index contributed by atoms with van der Waals surface area (Å²) >= 11 is 1.20. The van der Waals surface area contributed by atoms with Gasteiger partial charge < -0.3 is 9.73 Å². The number of hydrogen-bond donors (Lipinski definition) is 1. The smallest absolute Gasteiger partial charge is 0.277 e. The molecule has 1 N–H and O–H groups in total. The van der Waals surface area contributed by atoms with Crippen LogP contribution in [0.15, 0.2) is 52.1 Å². The highest BCUT2D eigenvalue weighted by Crippen LogP contribution is 2.24. The average Bonchev–Trinajstić information content (AvgIpc) is 3.13. The van der Waals surface area contributed by atoms with Crippen molar-refractivity contribution in [2.24, 2.45) is 0 Å². The van der Waals surface area contributed by atoms with Crippen LogP contribution in [0.4, 0.5) is 4.39 Å². The predicted octanol–water partition coefficient (Wildman–Crippen LogP) is 3.94. The topological polar surface area (TPSA) is 68.0 Å². The Morgan fingerprint density at radius 2 is 1.89 bits per heavy atom. The van der Waals surface area contributed by atoms with Gasteiger partial charge in [0.25, 0.3) is 5.22 Å². The average molecular weight is 385 g/mol. The van der Waals surface area contributed by atoms with Crippen LogP contribution in [0.2, 0.25) is 0 Å². The van der Waals surface area contributed by atoms with Crippen molar-refractivity contribution in [3.63, 3.8) is 0 Å². The number of aryl methyl sites for hydroxylation is 2. The van der Waals surface area contributed by atoms with Crippen LogP contribution in [0, 0.1) is 19.7 Å². The van der Waals surface area contributed by atoms with Crippen molar-refractivity contribution in [2.45, 2.75) is 25.5 Å². The molecule has 0 fully saturated rings. The Bertz CT molecular complexity index is 925. The van der Waals surface area contributed by atoms with E-state index in [1.807, 2.05) is 32.0 Å². The summed E-state index contributed by atoms with van der Waals surface area (Å²) in [5, 5.41) is 11.2. The number of thioether (sulfide) groups is 1. The van der Waals surface area contributed by atoms with E-state index in [0.717, 1.165) is 16.7 Å². The summed E-state index contributed by atoms with van der Waals surface area (Å²) in [5.41, 5.74) is 4.19. The van der Waals surface area contributed by atoms with E-state index in [1.54, 1.807) is 12.1 Å². The van der Waals surface area contributed by atoms with Gasteiger partial charge in [0.05, 0.1) is 5.75 Å². The van der Waals surface area contributed by atoms with E-state index in [4.69, 9.17) is 4.42 Å². The summed E-state index contributed by atoms with van der Waals surface area (Å²) in [7, 11) is 0. The van der Waals surface area contributed by atoms with E-state index in [9.17, 15) is 9.18 Å². The number of nitrogens with one attached hydrogen (secondary N) is 1. The fourth-order valence-corrected chi connectivity index (χ4v) is 3.03. The fraction of sp³-hybridized carbons (Fsp3) is 0.250. The number of aromatic nitrogens is 2. The molecule has 7 heteroatoms. The Labute approximate surface area is 161 Å². The van der Waals surface area contributed by atoms with Gasteiger partial charge in [-0.2, -0.15) is 0 Å². The van der Waals surface area contributed by atoms with E-state index in [2.05, 4.69) is 15.5 Å². The molecular formula is C20H20FN3O2S. The molecule has 0 aliphatic carbocycles. The second-order valence-electron chi connectivity index (χ2n) is 6.19. The van der Waals surface area contributed by atoms with Crippen molar-refractivity contribution < 1.29 is 13.6 Å². The molecule has 1 amide bonds. The molecule has 0 aliphatic rings. The maximum atomic E-state index is 12.9. The summed E-state index contributed by atoms with van der Waals surface area (Å²) in [6.45, 7) is 4.56. The lowest BCUT2D eigenvalue weighted by molar-refractivity contribution is -0.118. The van der Waals surface area contributed by atoms with Gasteiger partial charge >= 0.3 is 0 Å². The van der Waals surface area contributed by atoms with Crippen LogP contribution < -0.4 is 5.32 Å². The Hall–Kier alpha value is -2.67. The third kappa shape index (κ3) is 5.40. The summed E-state index contributed by atoms with van der Waals surface area (Å²) in [6.07, 6.45) is 0.647. The van der Waals surface area contributed by atoms with Crippen molar-refractivity contribution >= 4 is 17.7 Å². The van der Waals surface area contributed by atoms with Crippen molar-refractivity contribution in [1.29, 1.82) is 0 Å². The van der Waals surface area contributed by atoms with Crippen molar-refractivity contribution in [2.75, 3.05) is 12.3 Å². The van der Waals surface area contributed by atoms with E-state index in [0.29, 0.717) is 24.1 Å². The van der Waals surface area contributed by atoms with Gasteiger partial charge in [-0.15, -0.1) is 10.2 Å². The Kier molecular flexibility index (Phi) is 6.24. The molecular weight excluding hydrogens is 365 g/mol. The summed E-state index contributed by atoms with van der Waals surface area (Å²) in [4.78, 5) is 11.9. The van der Waals surface area contributed by atoms with Crippen molar-refractivity contribution in [3.8, 4) is 11.5 Å². The van der Waals surface area contributed by atoms with Crippen LogP contribution in [-0.2, 0) is 11.2 Å². The fourth-order valence-electron chi connectivity index (χ4n) is 2.43. The molecule has 0 saturated heterocycles. The van der Waals surface area contributed by atoms with E-state index in [1.165, 1.54) is 29.5 Å². The molecule has 0 bridgehead atoms. The van der Waals surface area contributed by atoms with Gasteiger partial charge in [0.1, 0.15) is 5.82 Å².